The van der Waals surface area contributed by atoms with Crippen molar-refractivity contribution in [1.29, 1.82) is 0 Å². The van der Waals surface area contributed by atoms with Crippen LogP contribution in [0.25, 0.3) is 0 Å². The van der Waals surface area contributed by atoms with Gasteiger partial charge >= 0.3 is 0 Å². The first kappa shape index (κ1) is 15.2. The molecule has 3 rings (SSSR count). The largest absolute Gasteiger partial charge is 0.493 e. The van der Waals surface area contributed by atoms with Crippen LogP contribution in [0, 0.1) is 0 Å². The van der Waals surface area contributed by atoms with E-state index in [4.69, 9.17) is 9.47 Å². The van der Waals surface area contributed by atoms with Gasteiger partial charge in [-0.3, -0.25) is 4.79 Å². The lowest BCUT2D eigenvalue weighted by atomic mass is 9.67. The Hall–Kier alpha value is -1.75. The normalized spacial score (nSPS) is 28.8. The highest BCUT2D eigenvalue weighted by molar-refractivity contribution is 6.62. The second-order valence-corrected chi connectivity index (χ2v) is 5.94. The molecular formula is C17H21BNO3. The molecule has 1 heterocycles. The van der Waals surface area contributed by atoms with Crippen molar-refractivity contribution in [3.63, 3.8) is 0 Å². The summed E-state index contributed by atoms with van der Waals surface area (Å²) in [6, 6.07) is 6.06. The van der Waals surface area contributed by atoms with Crippen molar-refractivity contribution in [1.82, 2.24) is 5.32 Å². The number of nitrogens with one attached hydrogen (secondary N) is 1. The van der Waals surface area contributed by atoms with Crippen LogP contribution in [-0.2, 0) is 10.2 Å². The fourth-order valence-electron chi connectivity index (χ4n) is 3.52. The molecule has 115 valence electrons. The number of rotatable bonds is 6. The highest BCUT2D eigenvalue weighted by atomic mass is 16.5. The number of allylic oxidation sites excluding steroid dienone is 2. The summed E-state index contributed by atoms with van der Waals surface area (Å²) in [6.45, 7) is 0.893. The van der Waals surface area contributed by atoms with Crippen molar-refractivity contribution >= 4 is 13.1 Å². The van der Waals surface area contributed by atoms with Crippen molar-refractivity contribution in [2.24, 2.45) is 0 Å². The van der Waals surface area contributed by atoms with Crippen molar-refractivity contribution in [3.05, 3.63) is 35.9 Å². The maximum atomic E-state index is 11.9. The van der Waals surface area contributed by atoms with Crippen molar-refractivity contribution < 1.29 is 14.3 Å². The Morgan fingerprint density at radius 2 is 2.05 bits per heavy atom. The summed E-state index contributed by atoms with van der Waals surface area (Å²) < 4.78 is 10.8. The summed E-state index contributed by atoms with van der Waals surface area (Å²) in [5.41, 5.74) is 1.04. The van der Waals surface area contributed by atoms with Crippen LogP contribution in [0.2, 0.25) is 11.6 Å². The Morgan fingerprint density at radius 1 is 1.27 bits per heavy atom. The molecule has 0 bridgehead atoms. The molecule has 3 atom stereocenters. The molecule has 22 heavy (non-hydrogen) atoms. The van der Waals surface area contributed by atoms with E-state index in [2.05, 4.69) is 24.7 Å². The number of hydrogen-bond donors (Lipinski definition) is 1. The molecule has 1 aliphatic heterocycles. The molecule has 1 saturated heterocycles. The Bertz CT molecular complexity index is 616. The van der Waals surface area contributed by atoms with Crippen LogP contribution in [0.1, 0.15) is 12.0 Å². The van der Waals surface area contributed by atoms with Gasteiger partial charge in [0.05, 0.1) is 14.2 Å². The molecule has 2 aliphatic rings. The zero-order valence-corrected chi connectivity index (χ0v) is 13.3. The van der Waals surface area contributed by atoms with Gasteiger partial charge in [-0.05, 0) is 49.6 Å². The van der Waals surface area contributed by atoms with Crippen LogP contribution in [0.4, 0.5) is 0 Å². The van der Waals surface area contributed by atoms with E-state index >= 15 is 0 Å². The van der Waals surface area contributed by atoms with Gasteiger partial charge in [-0.25, -0.2) is 0 Å². The molecule has 3 unspecified atom stereocenters. The van der Waals surface area contributed by atoms with Gasteiger partial charge in [0, 0.05) is 5.41 Å². The van der Waals surface area contributed by atoms with E-state index in [-0.39, 0.29) is 22.8 Å². The molecule has 0 amide bonds. The van der Waals surface area contributed by atoms with Crippen molar-refractivity contribution in [3.8, 4) is 11.5 Å². The summed E-state index contributed by atoms with van der Waals surface area (Å²) in [5.74, 6) is 2.05. The monoisotopic (exact) mass is 298 g/mol. The summed E-state index contributed by atoms with van der Waals surface area (Å²) in [7, 11) is 7.40. The molecule has 4 nitrogen and oxygen atoms in total. The maximum Gasteiger partial charge on any atom is 0.161 e. The zero-order valence-electron chi connectivity index (χ0n) is 13.3. The SMILES string of the molecule is CNCCC1(c2ccc(OC)c(OC)c2)C=CC(=O)C2[B]C21. The third-order valence-electron chi connectivity index (χ3n) is 4.84. The minimum atomic E-state index is -0.138. The molecule has 1 aliphatic carbocycles. The maximum absolute atomic E-state index is 11.9. The number of benzene rings is 1. The number of ether oxygens (including phenoxy) is 2. The van der Waals surface area contributed by atoms with Crippen LogP contribution in [0.3, 0.4) is 0 Å². The fourth-order valence-corrected chi connectivity index (χ4v) is 3.52. The molecule has 0 aromatic heterocycles. The predicted octanol–water partition coefficient (Wildman–Crippen LogP) is 1.98. The van der Waals surface area contributed by atoms with E-state index in [9.17, 15) is 4.79 Å². The lowest BCUT2D eigenvalue weighted by Gasteiger charge is -2.35. The molecule has 5 heteroatoms. The summed E-state index contributed by atoms with van der Waals surface area (Å²) in [5, 5.41) is 3.22. The molecule has 1 N–H and O–H groups in total. The fraction of sp³-hybridized carbons (Fsp3) is 0.471. The lowest BCUT2D eigenvalue weighted by molar-refractivity contribution is -0.114. The standard InChI is InChI=1S/C17H21BNO3/c1-19-9-8-17(7-6-12(20)15-16(17)18-15)11-4-5-13(21-2)14(10-11)22-3/h4-7,10,15-16,19H,8-9H2,1-3H3. The summed E-state index contributed by atoms with van der Waals surface area (Å²) in [4.78, 5) is 11.9. The third-order valence-corrected chi connectivity index (χ3v) is 4.84. The highest BCUT2D eigenvalue weighted by Crippen LogP contribution is 2.61. The van der Waals surface area contributed by atoms with E-state index in [0.29, 0.717) is 0 Å². The van der Waals surface area contributed by atoms with Gasteiger partial charge in [0.1, 0.15) is 13.1 Å². The quantitative estimate of drug-likeness (QED) is 0.816. The second kappa shape index (κ2) is 5.80. The van der Waals surface area contributed by atoms with Crippen LogP contribution in [0.15, 0.2) is 30.4 Å². The number of ketones is 1. The smallest absolute Gasteiger partial charge is 0.161 e. The van der Waals surface area contributed by atoms with Gasteiger partial charge in [0.2, 0.25) is 0 Å². The van der Waals surface area contributed by atoms with E-state index in [1.54, 1.807) is 20.3 Å². The predicted molar refractivity (Wildman–Crippen MR) is 87.2 cm³/mol. The first-order chi connectivity index (χ1) is 10.7. The van der Waals surface area contributed by atoms with E-state index in [0.717, 1.165) is 24.5 Å². The Morgan fingerprint density at radius 3 is 2.73 bits per heavy atom. The van der Waals surface area contributed by atoms with Crippen molar-refractivity contribution in [2.75, 3.05) is 27.8 Å². The van der Waals surface area contributed by atoms with Gasteiger partial charge in [-0.1, -0.05) is 18.0 Å². The van der Waals surface area contributed by atoms with Crippen molar-refractivity contribution in [2.45, 2.75) is 23.5 Å². The molecule has 0 saturated carbocycles. The average Bonchev–Trinajstić information content (AvgIpc) is 3.36. The Labute approximate surface area is 132 Å². The minimum absolute atomic E-state index is 0.0787. The van der Waals surface area contributed by atoms with Crippen LogP contribution in [-0.4, -0.2) is 40.9 Å². The van der Waals surface area contributed by atoms with E-state index in [1.165, 1.54) is 5.56 Å². The zero-order chi connectivity index (χ0) is 15.7. The summed E-state index contributed by atoms with van der Waals surface area (Å²) in [6.07, 6.45) is 4.77. The minimum Gasteiger partial charge on any atom is -0.493 e. The first-order valence-electron chi connectivity index (χ1n) is 7.61. The third kappa shape index (κ3) is 2.33. The van der Waals surface area contributed by atoms with Gasteiger partial charge in [0.15, 0.2) is 11.5 Å². The lowest BCUT2D eigenvalue weighted by Crippen LogP contribution is -2.31. The average molecular weight is 298 g/mol. The number of fused-ring (bicyclic) bond motifs is 1. The van der Waals surface area contributed by atoms with Crippen LogP contribution < -0.4 is 14.8 Å². The summed E-state index contributed by atoms with van der Waals surface area (Å²) >= 11 is 0. The Balaban J connectivity index is 2.04. The molecule has 1 fully saturated rings. The molecule has 1 aromatic carbocycles. The van der Waals surface area contributed by atoms with Gasteiger partial charge in [0.25, 0.3) is 0 Å². The first-order valence-corrected chi connectivity index (χ1v) is 7.61. The molecule has 1 aromatic rings. The second-order valence-electron chi connectivity index (χ2n) is 5.94. The van der Waals surface area contributed by atoms with Gasteiger partial charge in [-0.15, -0.1) is 0 Å². The van der Waals surface area contributed by atoms with Gasteiger partial charge in [-0.2, -0.15) is 0 Å². The van der Waals surface area contributed by atoms with Crippen LogP contribution >= 0.6 is 0 Å². The topological polar surface area (TPSA) is 47.6 Å². The number of methoxy groups -OCH3 is 2. The van der Waals surface area contributed by atoms with E-state index in [1.807, 2.05) is 19.2 Å². The van der Waals surface area contributed by atoms with Gasteiger partial charge < -0.3 is 14.8 Å². The molecule has 0 spiro atoms. The highest BCUT2D eigenvalue weighted by Gasteiger charge is 2.57. The number of hydrogen-bond acceptors (Lipinski definition) is 4. The van der Waals surface area contributed by atoms with Crippen LogP contribution in [0.5, 0.6) is 11.5 Å². The Kier molecular flexibility index (Phi) is 4.00. The van der Waals surface area contributed by atoms with E-state index < -0.39 is 0 Å². The number of carbonyl (C=O) groups is 1. The number of carbonyl (C=O) groups excluding carboxylic acids is 1. The molecule has 1 radical (unpaired) electrons. The molecular weight excluding hydrogens is 277 g/mol.